The maximum absolute atomic E-state index is 5.30. The van der Waals surface area contributed by atoms with Gasteiger partial charge in [-0.1, -0.05) is 0 Å². The monoisotopic (exact) mass is 242 g/mol. The first-order valence-corrected chi connectivity index (χ1v) is 6.77. The van der Waals surface area contributed by atoms with Gasteiger partial charge in [-0.2, -0.15) is 0 Å². The van der Waals surface area contributed by atoms with E-state index in [9.17, 15) is 0 Å². The summed E-state index contributed by atoms with van der Waals surface area (Å²) in [6.07, 6.45) is 5.30. The van der Waals surface area contributed by atoms with Crippen LogP contribution in [0.3, 0.4) is 0 Å². The number of piperidine rings is 2. The Hall–Kier alpha value is -0.160. The van der Waals surface area contributed by atoms with E-state index in [1.165, 1.54) is 51.9 Å². The van der Waals surface area contributed by atoms with Gasteiger partial charge in [-0.3, -0.25) is 4.90 Å². The van der Waals surface area contributed by atoms with Crippen LogP contribution in [0.15, 0.2) is 0 Å². The molecule has 0 bridgehead atoms. The minimum absolute atomic E-state index is 0.0818. The molecule has 100 valence electrons. The number of likely N-dealkylation sites (tertiary alicyclic amines) is 1. The molecule has 2 saturated heterocycles. The minimum Gasteiger partial charge on any atom is -0.355 e. The van der Waals surface area contributed by atoms with Crippen LogP contribution < -0.4 is 5.32 Å². The highest BCUT2D eigenvalue weighted by Gasteiger charge is 2.36. The van der Waals surface area contributed by atoms with Gasteiger partial charge in [-0.25, -0.2) is 0 Å². The molecule has 2 fully saturated rings. The van der Waals surface area contributed by atoms with Crippen molar-refractivity contribution in [3.05, 3.63) is 0 Å². The van der Waals surface area contributed by atoms with Gasteiger partial charge >= 0.3 is 0 Å². The maximum atomic E-state index is 5.30. The molecule has 2 aliphatic heterocycles. The predicted molar refractivity (Wildman–Crippen MR) is 68.0 cm³/mol. The molecule has 0 radical (unpaired) electrons. The van der Waals surface area contributed by atoms with Crippen molar-refractivity contribution >= 4 is 0 Å². The van der Waals surface area contributed by atoms with Gasteiger partial charge in [0.15, 0.2) is 6.29 Å². The molecule has 2 aliphatic rings. The topological polar surface area (TPSA) is 33.7 Å². The molecule has 0 aromatic heterocycles. The lowest BCUT2D eigenvalue weighted by atomic mass is 9.74. The summed E-state index contributed by atoms with van der Waals surface area (Å²) in [5.74, 6) is 0. The number of ether oxygens (including phenoxy) is 2. The number of nitrogens with zero attached hydrogens (tertiary/aromatic N) is 1. The molecule has 0 saturated carbocycles. The van der Waals surface area contributed by atoms with Crippen LogP contribution in [-0.2, 0) is 9.47 Å². The molecular formula is C13H26N2O2. The van der Waals surface area contributed by atoms with Crippen LogP contribution in [0.5, 0.6) is 0 Å². The van der Waals surface area contributed by atoms with Crippen molar-refractivity contribution in [2.75, 3.05) is 46.9 Å². The van der Waals surface area contributed by atoms with Crippen molar-refractivity contribution in [3.8, 4) is 0 Å². The SMILES string of the molecule is COC(CN1CCCC2(CCCNC2)C1)OC. The fourth-order valence-corrected chi connectivity index (χ4v) is 3.30. The standard InChI is InChI=1S/C13H26N2O2/c1-16-12(17-2)9-15-8-4-6-13(11-15)5-3-7-14-10-13/h12,14H,3-11H2,1-2H3. The van der Waals surface area contributed by atoms with Crippen molar-refractivity contribution in [2.45, 2.75) is 32.0 Å². The second-order valence-corrected chi connectivity index (χ2v) is 5.52. The zero-order valence-corrected chi connectivity index (χ0v) is 11.2. The molecule has 1 spiro atoms. The first-order chi connectivity index (χ1) is 8.28. The third-order valence-corrected chi connectivity index (χ3v) is 4.23. The lowest BCUT2D eigenvalue weighted by molar-refractivity contribution is -0.123. The van der Waals surface area contributed by atoms with Crippen LogP contribution in [0.2, 0.25) is 0 Å². The Morgan fingerprint density at radius 2 is 2.00 bits per heavy atom. The van der Waals surface area contributed by atoms with Gasteiger partial charge in [0, 0.05) is 33.9 Å². The second-order valence-electron chi connectivity index (χ2n) is 5.52. The molecule has 1 N–H and O–H groups in total. The van der Waals surface area contributed by atoms with E-state index in [0.29, 0.717) is 5.41 Å². The molecule has 0 amide bonds. The third-order valence-electron chi connectivity index (χ3n) is 4.23. The van der Waals surface area contributed by atoms with Crippen molar-refractivity contribution in [2.24, 2.45) is 5.41 Å². The van der Waals surface area contributed by atoms with Crippen LogP contribution in [0.4, 0.5) is 0 Å². The smallest absolute Gasteiger partial charge is 0.169 e. The normalized spacial score (nSPS) is 31.2. The number of nitrogens with one attached hydrogen (secondary N) is 1. The summed E-state index contributed by atoms with van der Waals surface area (Å²) in [5, 5.41) is 3.56. The van der Waals surface area contributed by atoms with Crippen LogP contribution >= 0.6 is 0 Å². The van der Waals surface area contributed by atoms with Crippen molar-refractivity contribution in [1.82, 2.24) is 10.2 Å². The molecule has 1 unspecified atom stereocenters. The van der Waals surface area contributed by atoms with Crippen LogP contribution in [-0.4, -0.2) is 58.1 Å². The van der Waals surface area contributed by atoms with Crippen molar-refractivity contribution in [1.29, 1.82) is 0 Å². The van der Waals surface area contributed by atoms with Crippen molar-refractivity contribution in [3.63, 3.8) is 0 Å². The van der Waals surface area contributed by atoms with E-state index in [-0.39, 0.29) is 6.29 Å². The van der Waals surface area contributed by atoms with Crippen LogP contribution in [0.25, 0.3) is 0 Å². The van der Waals surface area contributed by atoms with Gasteiger partial charge in [0.25, 0.3) is 0 Å². The summed E-state index contributed by atoms with van der Waals surface area (Å²) < 4.78 is 10.6. The first-order valence-electron chi connectivity index (χ1n) is 6.77. The summed E-state index contributed by atoms with van der Waals surface area (Å²) in [5.41, 5.74) is 0.516. The Morgan fingerprint density at radius 3 is 2.65 bits per heavy atom. The number of rotatable bonds is 4. The molecule has 0 aromatic rings. The molecule has 17 heavy (non-hydrogen) atoms. The highest BCUT2D eigenvalue weighted by atomic mass is 16.7. The van der Waals surface area contributed by atoms with E-state index in [1.54, 1.807) is 14.2 Å². The molecule has 1 atom stereocenters. The fourth-order valence-electron chi connectivity index (χ4n) is 3.30. The molecule has 0 aliphatic carbocycles. The molecule has 2 rings (SSSR count). The largest absolute Gasteiger partial charge is 0.355 e. The lowest BCUT2D eigenvalue weighted by Crippen LogP contribution is -2.52. The molecule has 4 heteroatoms. The highest BCUT2D eigenvalue weighted by Crippen LogP contribution is 2.35. The van der Waals surface area contributed by atoms with E-state index < -0.39 is 0 Å². The average Bonchev–Trinajstić information content (AvgIpc) is 2.37. The van der Waals surface area contributed by atoms with Gasteiger partial charge in [-0.15, -0.1) is 0 Å². The van der Waals surface area contributed by atoms with E-state index in [1.807, 2.05) is 0 Å². The van der Waals surface area contributed by atoms with E-state index in [0.717, 1.165) is 6.54 Å². The van der Waals surface area contributed by atoms with Gasteiger partial charge in [-0.05, 0) is 44.2 Å². The minimum atomic E-state index is -0.0818. The number of hydrogen-bond donors (Lipinski definition) is 1. The van der Waals surface area contributed by atoms with Crippen molar-refractivity contribution < 1.29 is 9.47 Å². The Labute approximate surface area is 105 Å². The van der Waals surface area contributed by atoms with Gasteiger partial charge in [0.2, 0.25) is 0 Å². The Balaban J connectivity index is 1.87. The van der Waals surface area contributed by atoms with E-state index >= 15 is 0 Å². The summed E-state index contributed by atoms with van der Waals surface area (Å²) in [4.78, 5) is 2.51. The lowest BCUT2D eigenvalue weighted by Gasteiger charge is -2.46. The maximum Gasteiger partial charge on any atom is 0.169 e. The number of methoxy groups -OCH3 is 2. The van der Waals surface area contributed by atoms with Crippen LogP contribution in [0, 0.1) is 5.41 Å². The van der Waals surface area contributed by atoms with E-state index in [4.69, 9.17) is 9.47 Å². The fraction of sp³-hybridized carbons (Fsp3) is 1.00. The average molecular weight is 242 g/mol. The molecule has 0 aromatic carbocycles. The molecule has 4 nitrogen and oxygen atoms in total. The highest BCUT2D eigenvalue weighted by molar-refractivity contribution is 4.91. The van der Waals surface area contributed by atoms with Gasteiger partial charge < -0.3 is 14.8 Å². The molecule has 2 heterocycles. The third kappa shape index (κ3) is 3.41. The first kappa shape index (κ1) is 13.3. The second kappa shape index (κ2) is 6.14. The Bertz CT molecular complexity index is 220. The number of hydrogen-bond acceptors (Lipinski definition) is 4. The zero-order chi connectivity index (χ0) is 12.1. The van der Waals surface area contributed by atoms with E-state index in [2.05, 4.69) is 10.2 Å². The quantitative estimate of drug-likeness (QED) is 0.748. The van der Waals surface area contributed by atoms with Gasteiger partial charge in [0.1, 0.15) is 0 Å². The Kier molecular flexibility index (Phi) is 4.79. The Morgan fingerprint density at radius 1 is 1.24 bits per heavy atom. The molecular weight excluding hydrogens is 216 g/mol. The van der Waals surface area contributed by atoms with Crippen LogP contribution in [0.1, 0.15) is 25.7 Å². The summed E-state index contributed by atoms with van der Waals surface area (Å²) in [6, 6.07) is 0. The summed E-state index contributed by atoms with van der Waals surface area (Å²) >= 11 is 0. The summed E-state index contributed by atoms with van der Waals surface area (Å²) in [6.45, 7) is 5.66. The summed E-state index contributed by atoms with van der Waals surface area (Å²) in [7, 11) is 3.44. The zero-order valence-electron chi connectivity index (χ0n) is 11.2. The predicted octanol–water partition coefficient (Wildman–Crippen LogP) is 1.07. The van der Waals surface area contributed by atoms with Gasteiger partial charge in [0.05, 0.1) is 0 Å².